The van der Waals surface area contributed by atoms with Crippen molar-refractivity contribution >= 4 is 41.8 Å². The molecule has 0 fully saturated rings. The molecule has 0 saturated carbocycles. The van der Waals surface area contributed by atoms with E-state index in [1.807, 2.05) is 0 Å². The first kappa shape index (κ1) is 11.8. The van der Waals surface area contributed by atoms with Gasteiger partial charge >= 0.3 is 130 Å². The molecule has 2 atom stereocenters. The molecule has 0 aromatic heterocycles. The average molecular weight is 461 g/mol. The van der Waals surface area contributed by atoms with E-state index >= 15 is 0 Å². The van der Waals surface area contributed by atoms with Crippen LogP contribution in [-0.2, 0) is 8.94 Å². The summed E-state index contributed by atoms with van der Waals surface area (Å²) in [5.41, 5.74) is 6.81. The van der Waals surface area contributed by atoms with Gasteiger partial charge in [-0.2, -0.15) is 0 Å². The third kappa shape index (κ3) is 1.86. The SMILES string of the molecule is c1ccc2c(c1)C[Te]C1c3ccccc3C[Te]C21. The molecule has 0 saturated heterocycles. The Bertz CT molecular complexity index is 538. The minimum absolute atomic E-state index is 0.116. The maximum atomic E-state index is 2.41. The summed E-state index contributed by atoms with van der Waals surface area (Å²) >= 11 is 0.232. The third-order valence-electron chi connectivity index (χ3n) is 3.83. The van der Waals surface area contributed by atoms with Crippen LogP contribution in [0.4, 0.5) is 0 Å². The number of hydrogen-bond acceptors (Lipinski definition) is 0. The van der Waals surface area contributed by atoms with Crippen molar-refractivity contribution in [1.29, 1.82) is 0 Å². The summed E-state index contributed by atoms with van der Waals surface area (Å²) in [5, 5.41) is 0. The van der Waals surface area contributed by atoms with Crippen molar-refractivity contribution in [3.63, 3.8) is 0 Å². The first-order chi connectivity index (χ1) is 8.93. The van der Waals surface area contributed by atoms with Gasteiger partial charge in [-0.1, -0.05) is 0 Å². The molecule has 2 aliphatic rings. The second-order valence-electron chi connectivity index (χ2n) is 4.86. The van der Waals surface area contributed by atoms with E-state index in [0.29, 0.717) is 0 Å². The van der Waals surface area contributed by atoms with Gasteiger partial charge in [0.15, 0.2) is 0 Å². The molecule has 2 heteroatoms. The molecule has 0 aliphatic carbocycles. The molecular formula is C16H14Te2. The molecule has 2 aromatic carbocycles. The molecule has 0 nitrogen and oxygen atoms in total. The summed E-state index contributed by atoms with van der Waals surface area (Å²) < 4.78 is 4.73. The predicted octanol–water partition coefficient (Wildman–Crippen LogP) is 2.90. The van der Waals surface area contributed by atoms with E-state index in [2.05, 4.69) is 48.5 Å². The van der Waals surface area contributed by atoms with Crippen LogP contribution in [0.3, 0.4) is 0 Å². The average Bonchev–Trinajstić information content (AvgIpc) is 2.46. The molecule has 2 heterocycles. The van der Waals surface area contributed by atoms with Gasteiger partial charge in [-0.05, 0) is 0 Å². The van der Waals surface area contributed by atoms with E-state index in [-0.39, 0.29) is 41.8 Å². The van der Waals surface area contributed by atoms with Gasteiger partial charge in [-0.25, -0.2) is 0 Å². The van der Waals surface area contributed by atoms with Crippen LogP contribution in [-0.4, -0.2) is 41.8 Å². The van der Waals surface area contributed by atoms with Crippen LogP contribution in [0, 0.1) is 0 Å². The van der Waals surface area contributed by atoms with Crippen LogP contribution >= 0.6 is 0 Å². The topological polar surface area (TPSA) is 0 Å². The fraction of sp³-hybridized carbons (Fsp3) is 0.250. The molecule has 2 aliphatic heterocycles. The van der Waals surface area contributed by atoms with E-state index in [4.69, 9.17) is 0 Å². The Kier molecular flexibility index (Phi) is 3.18. The third-order valence-corrected chi connectivity index (χ3v) is 13.3. The number of fused-ring (bicyclic) bond motifs is 5. The van der Waals surface area contributed by atoms with E-state index in [9.17, 15) is 0 Å². The summed E-state index contributed by atoms with van der Waals surface area (Å²) in [6.07, 6.45) is 0. The molecule has 0 amide bonds. The van der Waals surface area contributed by atoms with Gasteiger partial charge in [-0.3, -0.25) is 0 Å². The molecule has 2 aromatic rings. The fourth-order valence-electron chi connectivity index (χ4n) is 2.93. The molecule has 0 bridgehead atoms. The number of benzene rings is 2. The summed E-state index contributed by atoms with van der Waals surface area (Å²) in [7, 11) is 0. The molecule has 18 heavy (non-hydrogen) atoms. The van der Waals surface area contributed by atoms with Crippen LogP contribution < -0.4 is 0 Å². The molecular weight excluding hydrogens is 447 g/mol. The van der Waals surface area contributed by atoms with Gasteiger partial charge in [0, 0.05) is 0 Å². The molecule has 2 unspecified atom stereocenters. The zero-order chi connectivity index (χ0) is 11.9. The summed E-state index contributed by atoms with van der Waals surface area (Å²) in [4.78, 5) is 0. The Labute approximate surface area is 128 Å². The zero-order valence-corrected chi connectivity index (χ0v) is 14.7. The second kappa shape index (κ2) is 4.85. The molecule has 90 valence electrons. The van der Waals surface area contributed by atoms with Crippen molar-refractivity contribution in [3.8, 4) is 0 Å². The summed E-state index contributed by atoms with van der Waals surface area (Å²) in [5.74, 6) is 0. The summed E-state index contributed by atoms with van der Waals surface area (Å²) in [6, 6.07) is 18.5. The van der Waals surface area contributed by atoms with Gasteiger partial charge < -0.3 is 0 Å². The predicted molar refractivity (Wildman–Crippen MR) is 77.3 cm³/mol. The van der Waals surface area contributed by atoms with E-state index in [1.54, 1.807) is 22.3 Å². The molecule has 4 rings (SSSR count). The van der Waals surface area contributed by atoms with Gasteiger partial charge in [0.1, 0.15) is 0 Å². The Hall–Kier alpha value is 0.0192. The van der Waals surface area contributed by atoms with Crippen molar-refractivity contribution < 1.29 is 0 Å². The number of hydrogen-bond donors (Lipinski definition) is 0. The number of rotatable bonds is 0. The molecule has 0 spiro atoms. The first-order valence-electron chi connectivity index (χ1n) is 6.32. The monoisotopic (exact) mass is 466 g/mol. The maximum absolute atomic E-state index is 2.41. The zero-order valence-electron chi connectivity index (χ0n) is 10.0. The Morgan fingerprint density at radius 1 is 0.667 bits per heavy atom. The van der Waals surface area contributed by atoms with Gasteiger partial charge in [0.05, 0.1) is 0 Å². The summed E-state index contributed by atoms with van der Waals surface area (Å²) in [6.45, 7) is 0. The van der Waals surface area contributed by atoms with Crippen molar-refractivity contribution in [2.24, 2.45) is 0 Å². The van der Waals surface area contributed by atoms with E-state index in [1.165, 1.54) is 8.94 Å². The van der Waals surface area contributed by atoms with Crippen LogP contribution in [0.1, 0.15) is 30.2 Å². The van der Waals surface area contributed by atoms with Crippen molar-refractivity contribution in [2.45, 2.75) is 16.9 Å². The molecule has 0 radical (unpaired) electrons. The van der Waals surface area contributed by atoms with E-state index in [0.717, 1.165) is 7.93 Å². The van der Waals surface area contributed by atoms with Gasteiger partial charge in [0.2, 0.25) is 0 Å². The van der Waals surface area contributed by atoms with Crippen LogP contribution in [0.5, 0.6) is 0 Å². The Morgan fingerprint density at radius 2 is 1.11 bits per heavy atom. The first-order valence-corrected chi connectivity index (χ1v) is 12.3. The normalized spacial score (nSPS) is 24.9. The Morgan fingerprint density at radius 3 is 1.61 bits per heavy atom. The van der Waals surface area contributed by atoms with Crippen LogP contribution in [0.15, 0.2) is 48.5 Å². The van der Waals surface area contributed by atoms with Crippen molar-refractivity contribution in [3.05, 3.63) is 70.8 Å². The van der Waals surface area contributed by atoms with Crippen molar-refractivity contribution in [2.75, 3.05) is 0 Å². The van der Waals surface area contributed by atoms with Gasteiger partial charge in [0.25, 0.3) is 0 Å². The van der Waals surface area contributed by atoms with E-state index < -0.39 is 0 Å². The second-order valence-corrected chi connectivity index (χ2v) is 11.3. The minimum atomic E-state index is 0.116. The fourth-order valence-corrected chi connectivity index (χ4v) is 13.7. The standard InChI is InChI=1S/C16H14Te2/c1-3-7-13-11(5-1)9-17-16-14-8-4-2-6-12(14)10-18-15(13)16/h1-8,15-16H,9-10H2. The molecule has 0 N–H and O–H groups in total. The Balaban J connectivity index is 1.83. The van der Waals surface area contributed by atoms with Crippen molar-refractivity contribution in [1.82, 2.24) is 0 Å². The van der Waals surface area contributed by atoms with Gasteiger partial charge in [-0.15, -0.1) is 0 Å². The van der Waals surface area contributed by atoms with Crippen LogP contribution in [0.2, 0.25) is 0 Å². The van der Waals surface area contributed by atoms with Crippen LogP contribution in [0.25, 0.3) is 0 Å². The quantitative estimate of drug-likeness (QED) is 0.530.